The smallest absolute Gasteiger partial charge is 0.300 e. The summed E-state index contributed by atoms with van der Waals surface area (Å²) >= 11 is 4.24. The quantitative estimate of drug-likeness (QED) is 0.558. The number of nitrogens with one attached hydrogen (secondary N) is 1. The number of carboxylic acids is 1. The molecule has 0 spiro atoms. The van der Waals surface area contributed by atoms with E-state index in [1.807, 2.05) is 14.1 Å². The minimum atomic E-state index is -0.833. The summed E-state index contributed by atoms with van der Waals surface area (Å²) in [5.74, 6) is -0.741. The zero-order valence-electron chi connectivity index (χ0n) is 9.97. The maximum atomic E-state index is 10.1. The van der Waals surface area contributed by atoms with Crippen LogP contribution in [0.25, 0.3) is 0 Å². The number of rotatable bonds is 0. The molecule has 0 atom stereocenters. The van der Waals surface area contributed by atoms with Gasteiger partial charge in [-0.2, -0.15) is 0 Å². The third-order valence-corrected chi connectivity index (χ3v) is 0.630. The fourth-order valence-corrected chi connectivity index (χ4v) is 0. The van der Waals surface area contributed by atoms with Gasteiger partial charge < -0.3 is 15.3 Å². The Labute approximate surface area is 115 Å². The van der Waals surface area contributed by atoms with Crippen molar-refractivity contribution in [3.05, 3.63) is 0 Å². The molecule has 0 aliphatic rings. The van der Waals surface area contributed by atoms with Crippen LogP contribution in [0.5, 0.6) is 0 Å². The first-order valence-electron chi connectivity index (χ1n) is 3.89. The van der Waals surface area contributed by atoms with Crippen molar-refractivity contribution in [3.63, 3.8) is 0 Å². The van der Waals surface area contributed by atoms with Gasteiger partial charge in [0.1, 0.15) is 0 Å². The number of amides is 1. The Balaban J connectivity index is -0.0000000590. The van der Waals surface area contributed by atoms with Crippen molar-refractivity contribution in [3.8, 4) is 0 Å². The molecule has 0 saturated heterocycles. The van der Waals surface area contributed by atoms with Crippen LogP contribution in [-0.4, -0.2) is 50.1 Å². The van der Waals surface area contributed by atoms with Crippen molar-refractivity contribution in [2.75, 3.05) is 28.2 Å². The summed E-state index contributed by atoms with van der Waals surface area (Å²) in [5.41, 5.74) is 0. The summed E-state index contributed by atoms with van der Waals surface area (Å²) in [6.45, 7) is 2.61. The second-order valence-electron chi connectivity index (χ2n) is 2.43. The minimum absolute atomic E-state index is 0.0926. The van der Waals surface area contributed by atoms with E-state index in [0.717, 1.165) is 6.92 Å². The molecule has 94 valence electrons. The Kier molecular flexibility index (Phi) is 39.1. The number of carbonyl (C=O) groups excluding carboxylic acids is 1. The van der Waals surface area contributed by atoms with Crippen LogP contribution in [0.1, 0.15) is 13.8 Å². The lowest BCUT2D eigenvalue weighted by molar-refractivity contribution is -0.134. The van der Waals surface area contributed by atoms with Crippen LogP contribution in [0.4, 0.5) is 0 Å². The molecule has 2 N–H and O–H groups in total. The number of aliphatic carboxylic acids is 1. The summed E-state index contributed by atoms with van der Waals surface area (Å²) < 4.78 is 0. The van der Waals surface area contributed by atoms with Crippen molar-refractivity contribution in [1.82, 2.24) is 10.2 Å². The molecule has 0 aromatic rings. The van der Waals surface area contributed by atoms with Gasteiger partial charge in [0.2, 0.25) is 5.91 Å². The van der Waals surface area contributed by atoms with Gasteiger partial charge in [-0.25, -0.2) is 0 Å². The van der Waals surface area contributed by atoms with Gasteiger partial charge in [-0.1, -0.05) is 0 Å². The monoisotopic (exact) mass is 446 g/mol. The molecule has 0 aromatic heterocycles. The highest BCUT2D eigenvalue weighted by molar-refractivity contribution is 15.0. The van der Waals surface area contributed by atoms with E-state index >= 15 is 0 Å². The van der Waals surface area contributed by atoms with E-state index in [1.165, 1.54) is 11.8 Å². The van der Waals surface area contributed by atoms with E-state index in [2.05, 4.69) is 42.5 Å². The minimum Gasteiger partial charge on any atom is -0.481 e. The first kappa shape index (κ1) is 24.5. The lowest BCUT2D eigenvalue weighted by atomic mass is 10.7. The summed E-state index contributed by atoms with van der Waals surface area (Å²) in [5, 5.41) is 10.2. The van der Waals surface area contributed by atoms with E-state index < -0.39 is 5.97 Å². The van der Waals surface area contributed by atoms with E-state index in [-0.39, 0.29) is 5.91 Å². The van der Waals surface area contributed by atoms with Crippen LogP contribution in [0.15, 0.2) is 0 Å². The normalized spacial score (nSPS) is 6.40. The van der Waals surface area contributed by atoms with Crippen molar-refractivity contribution in [2.45, 2.75) is 13.8 Å². The topological polar surface area (TPSA) is 69.6 Å². The molecule has 0 aliphatic heterocycles. The average molecular weight is 446 g/mol. The molecule has 1 amide bonds. The zero-order chi connectivity index (χ0) is 13.4. The molecule has 0 unspecified atom stereocenters. The number of halogens is 2. The van der Waals surface area contributed by atoms with Gasteiger partial charge in [-0.05, 0) is 14.1 Å². The summed E-state index contributed by atoms with van der Waals surface area (Å²) in [6, 6.07) is 0. The molecule has 0 aliphatic carbocycles. The fraction of sp³-hybridized carbons (Fsp3) is 0.750. The van der Waals surface area contributed by atoms with E-state index in [4.69, 9.17) is 9.90 Å². The van der Waals surface area contributed by atoms with Gasteiger partial charge in [-0.15, -0.1) is 0 Å². The molecule has 0 fully saturated rings. The van der Waals surface area contributed by atoms with Gasteiger partial charge in [0.05, 0.1) is 0 Å². The summed E-state index contributed by atoms with van der Waals surface area (Å²) in [6.07, 6.45) is 0. The number of carbonyl (C=O) groups is 2. The maximum Gasteiger partial charge on any atom is 0.300 e. The average Bonchev–Trinajstić information content (AvgIpc) is 2.08. The molecule has 0 radical (unpaired) electrons. The number of hydrogen-bond acceptors (Lipinski definition) is 3. The van der Waals surface area contributed by atoms with Gasteiger partial charge in [0.25, 0.3) is 5.97 Å². The SMILES string of the molecule is CC(=O)N(C)C.CC(=O)O.CNC.II. The first-order chi connectivity index (χ1) is 6.79. The third kappa shape index (κ3) is 115. The molecule has 0 saturated carbocycles. The van der Waals surface area contributed by atoms with Crippen molar-refractivity contribution in [1.29, 1.82) is 0 Å². The predicted octanol–water partition coefficient (Wildman–Crippen LogP) is 1.79. The highest BCUT2D eigenvalue weighted by Crippen LogP contribution is 1.89. The molecule has 0 rings (SSSR count). The Hall–Kier alpha value is 0.360. The van der Waals surface area contributed by atoms with Crippen LogP contribution < -0.4 is 5.32 Å². The Morgan fingerprint density at radius 2 is 1.20 bits per heavy atom. The summed E-state index contributed by atoms with van der Waals surface area (Å²) in [7, 11) is 7.20. The predicted molar refractivity (Wildman–Crippen MR) is 80.7 cm³/mol. The Bertz CT molecular complexity index is 140. The van der Waals surface area contributed by atoms with Gasteiger partial charge >= 0.3 is 0 Å². The summed E-state index contributed by atoms with van der Waals surface area (Å²) in [4.78, 5) is 20.6. The molecule has 15 heavy (non-hydrogen) atoms. The molecule has 7 heteroatoms. The van der Waals surface area contributed by atoms with Crippen LogP contribution in [0.2, 0.25) is 0 Å². The highest BCUT2D eigenvalue weighted by atomic mass is 128. The van der Waals surface area contributed by atoms with Crippen LogP contribution in [-0.2, 0) is 9.59 Å². The lowest BCUT2D eigenvalue weighted by Gasteiger charge is -2.02. The zero-order valence-corrected chi connectivity index (χ0v) is 14.3. The van der Waals surface area contributed by atoms with E-state index in [0.29, 0.717) is 0 Å². The van der Waals surface area contributed by atoms with Gasteiger partial charge in [0, 0.05) is 65.2 Å². The molecule has 5 nitrogen and oxygen atoms in total. The molecule has 0 aromatic carbocycles. The second-order valence-corrected chi connectivity index (χ2v) is 2.43. The lowest BCUT2D eigenvalue weighted by Crippen LogP contribution is -2.17. The molecular weight excluding hydrogens is 426 g/mol. The molecule has 0 bridgehead atoms. The van der Waals surface area contributed by atoms with Crippen molar-refractivity contribution in [2.24, 2.45) is 0 Å². The largest absolute Gasteiger partial charge is 0.481 e. The van der Waals surface area contributed by atoms with Crippen molar-refractivity contribution >= 4 is 49.1 Å². The van der Waals surface area contributed by atoms with E-state index in [1.54, 1.807) is 14.1 Å². The van der Waals surface area contributed by atoms with Crippen LogP contribution in [0, 0.1) is 0 Å². The fourth-order valence-electron chi connectivity index (χ4n) is 0. The Morgan fingerprint density at radius 1 is 1.13 bits per heavy atom. The van der Waals surface area contributed by atoms with Crippen molar-refractivity contribution < 1.29 is 14.7 Å². The Morgan fingerprint density at radius 3 is 1.20 bits per heavy atom. The highest BCUT2D eigenvalue weighted by Gasteiger charge is 1.87. The number of nitrogens with zero attached hydrogens (tertiary/aromatic N) is 1. The maximum absolute atomic E-state index is 10.1. The second kappa shape index (κ2) is 23.9. The van der Waals surface area contributed by atoms with Crippen LogP contribution >= 0.6 is 37.2 Å². The third-order valence-electron chi connectivity index (χ3n) is 0.630. The number of hydrogen-bond donors (Lipinski definition) is 2. The molecule has 0 heterocycles. The van der Waals surface area contributed by atoms with Gasteiger partial charge in [-0.3, -0.25) is 9.59 Å². The number of carboxylic acid groups (broad SMARTS) is 1. The van der Waals surface area contributed by atoms with E-state index in [9.17, 15) is 4.79 Å². The van der Waals surface area contributed by atoms with Crippen LogP contribution in [0.3, 0.4) is 0 Å². The standard InChI is InChI=1S/C4H9NO.C2H7N.C2H4O2.I2/c1-4(6)5(2)3;1-3-2;1-2(3)4;1-2/h1-3H3;3H,1-2H3;1H3,(H,3,4);. The first-order valence-corrected chi connectivity index (χ1v) is 10.2. The van der Waals surface area contributed by atoms with Gasteiger partial charge in [0.15, 0.2) is 0 Å². The molecular formula is C8H20I2N2O3.